The van der Waals surface area contributed by atoms with E-state index in [1.165, 1.54) is 0 Å². The van der Waals surface area contributed by atoms with Crippen molar-refractivity contribution in [3.8, 4) is 11.5 Å². The lowest BCUT2D eigenvalue weighted by Gasteiger charge is -2.17. The highest BCUT2D eigenvalue weighted by Crippen LogP contribution is 2.28. The first-order valence-corrected chi connectivity index (χ1v) is 7.93. The number of benzene rings is 1. The van der Waals surface area contributed by atoms with Gasteiger partial charge in [-0.3, -0.25) is 4.79 Å². The van der Waals surface area contributed by atoms with Crippen LogP contribution in [0.4, 0.5) is 0 Å². The lowest BCUT2D eigenvalue weighted by Crippen LogP contribution is -2.37. The van der Waals surface area contributed by atoms with Gasteiger partial charge in [-0.15, -0.1) is 0 Å². The SMILES string of the molecule is C=CCOc1ccc(CNC(CC(C)C)C(=O)O)cc1OCC. The molecule has 1 aromatic rings. The number of carboxylic acid groups (broad SMARTS) is 1. The monoisotopic (exact) mass is 321 g/mol. The van der Waals surface area contributed by atoms with Crippen LogP contribution >= 0.6 is 0 Å². The van der Waals surface area contributed by atoms with E-state index in [0.29, 0.717) is 43.6 Å². The van der Waals surface area contributed by atoms with Crippen molar-refractivity contribution in [2.45, 2.75) is 39.8 Å². The maximum absolute atomic E-state index is 11.3. The highest BCUT2D eigenvalue weighted by atomic mass is 16.5. The number of carboxylic acids is 1. The number of rotatable bonds is 11. The second kappa shape index (κ2) is 9.90. The van der Waals surface area contributed by atoms with Gasteiger partial charge in [-0.2, -0.15) is 0 Å². The molecule has 0 aliphatic heterocycles. The third-order valence-corrected chi connectivity index (χ3v) is 3.22. The van der Waals surface area contributed by atoms with E-state index in [9.17, 15) is 9.90 Å². The molecular weight excluding hydrogens is 294 g/mol. The van der Waals surface area contributed by atoms with Gasteiger partial charge in [0.2, 0.25) is 0 Å². The maximum Gasteiger partial charge on any atom is 0.320 e. The molecule has 0 aliphatic rings. The quantitative estimate of drug-likeness (QED) is 0.612. The summed E-state index contributed by atoms with van der Waals surface area (Å²) in [6.07, 6.45) is 2.27. The highest BCUT2D eigenvalue weighted by Gasteiger charge is 2.18. The fourth-order valence-corrected chi connectivity index (χ4v) is 2.18. The van der Waals surface area contributed by atoms with Crippen molar-refractivity contribution >= 4 is 5.97 Å². The van der Waals surface area contributed by atoms with E-state index in [1.807, 2.05) is 39.0 Å². The zero-order valence-corrected chi connectivity index (χ0v) is 14.2. The predicted molar refractivity (Wildman–Crippen MR) is 91.0 cm³/mol. The van der Waals surface area contributed by atoms with E-state index in [-0.39, 0.29) is 0 Å². The number of nitrogens with one attached hydrogen (secondary N) is 1. The summed E-state index contributed by atoms with van der Waals surface area (Å²) in [5.74, 6) is 0.809. The molecule has 1 unspecified atom stereocenters. The van der Waals surface area contributed by atoms with Crippen molar-refractivity contribution in [3.05, 3.63) is 36.4 Å². The van der Waals surface area contributed by atoms with E-state index < -0.39 is 12.0 Å². The lowest BCUT2D eigenvalue weighted by atomic mass is 10.0. The van der Waals surface area contributed by atoms with E-state index in [4.69, 9.17) is 9.47 Å². The number of ether oxygens (including phenoxy) is 2. The van der Waals surface area contributed by atoms with E-state index in [1.54, 1.807) is 6.08 Å². The van der Waals surface area contributed by atoms with Gasteiger partial charge in [-0.25, -0.2) is 0 Å². The summed E-state index contributed by atoms with van der Waals surface area (Å²) >= 11 is 0. The summed E-state index contributed by atoms with van der Waals surface area (Å²) < 4.78 is 11.1. The molecule has 1 aromatic carbocycles. The number of hydrogen-bond acceptors (Lipinski definition) is 4. The van der Waals surface area contributed by atoms with Gasteiger partial charge < -0.3 is 19.9 Å². The van der Waals surface area contributed by atoms with Crippen molar-refractivity contribution in [2.75, 3.05) is 13.2 Å². The Morgan fingerprint density at radius 3 is 2.65 bits per heavy atom. The molecule has 1 rings (SSSR count). The molecule has 5 nitrogen and oxygen atoms in total. The van der Waals surface area contributed by atoms with Crippen LogP contribution < -0.4 is 14.8 Å². The minimum atomic E-state index is -0.824. The summed E-state index contributed by atoms with van der Waals surface area (Å²) in [6.45, 7) is 11.0. The first kappa shape index (κ1) is 19.0. The Kier molecular flexibility index (Phi) is 8.19. The summed E-state index contributed by atoms with van der Waals surface area (Å²) in [5.41, 5.74) is 0.953. The van der Waals surface area contributed by atoms with Crippen LogP contribution in [-0.4, -0.2) is 30.3 Å². The van der Waals surface area contributed by atoms with Crippen molar-refractivity contribution in [2.24, 2.45) is 5.92 Å². The molecule has 23 heavy (non-hydrogen) atoms. The molecule has 0 spiro atoms. The molecule has 5 heteroatoms. The maximum atomic E-state index is 11.3. The standard InChI is InChI=1S/C18H27NO4/c1-5-9-23-16-8-7-14(11-17(16)22-6-2)12-19-15(18(20)21)10-13(3)4/h5,7-8,11,13,15,19H,1,6,9-10,12H2,2-4H3,(H,20,21). The van der Waals surface area contributed by atoms with E-state index in [0.717, 1.165) is 5.56 Å². The first-order chi connectivity index (χ1) is 11.0. The minimum Gasteiger partial charge on any atom is -0.490 e. The second-order valence-electron chi connectivity index (χ2n) is 5.72. The Morgan fingerprint density at radius 1 is 1.35 bits per heavy atom. The molecule has 0 heterocycles. The van der Waals surface area contributed by atoms with Crippen molar-refractivity contribution in [1.82, 2.24) is 5.32 Å². The Balaban J connectivity index is 2.77. The molecular formula is C18H27NO4. The van der Waals surface area contributed by atoms with Crippen LogP contribution in [0.5, 0.6) is 11.5 Å². The van der Waals surface area contributed by atoms with E-state index in [2.05, 4.69) is 11.9 Å². The van der Waals surface area contributed by atoms with Crippen molar-refractivity contribution < 1.29 is 19.4 Å². The molecule has 0 radical (unpaired) electrons. The first-order valence-electron chi connectivity index (χ1n) is 7.93. The normalized spacial score (nSPS) is 12.0. The van der Waals surface area contributed by atoms with Crippen molar-refractivity contribution in [1.29, 1.82) is 0 Å². The molecule has 1 atom stereocenters. The Hall–Kier alpha value is -2.01. The summed E-state index contributed by atoms with van der Waals surface area (Å²) in [7, 11) is 0. The summed E-state index contributed by atoms with van der Waals surface area (Å²) in [5, 5.41) is 12.4. The molecule has 0 aliphatic carbocycles. The molecule has 128 valence electrons. The fraction of sp³-hybridized carbons (Fsp3) is 0.500. The number of aliphatic carboxylic acids is 1. The van der Waals surface area contributed by atoms with Crippen LogP contribution in [-0.2, 0) is 11.3 Å². The third-order valence-electron chi connectivity index (χ3n) is 3.22. The smallest absolute Gasteiger partial charge is 0.320 e. The van der Waals surface area contributed by atoms with Gasteiger partial charge in [0.25, 0.3) is 0 Å². The highest BCUT2D eigenvalue weighted by molar-refractivity contribution is 5.73. The zero-order valence-electron chi connectivity index (χ0n) is 14.2. The molecule has 0 bridgehead atoms. The van der Waals surface area contributed by atoms with Gasteiger partial charge in [0.05, 0.1) is 6.61 Å². The van der Waals surface area contributed by atoms with E-state index >= 15 is 0 Å². The zero-order chi connectivity index (χ0) is 17.2. The van der Waals surface area contributed by atoms with Gasteiger partial charge >= 0.3 is 5.97 Å². The van der Waals surface area contributed by atoms with Crippen LogP contribution in [0.3, 0.4) is 0 Å². The third kappa shape index (κ3) is 6.74. The molecule has 0 saturated carbocycles. The Bertz CT molecular complexity index is 514. The van der Waals surface area contributed by atoms with Crippen LogP contribution in [0.2, 0.25) is 0 Å². The minimum absolute atomic E-state index is 0.317. The lowest BCUT2D eigenvalue weighted by molar-refractivity contribution is -0.140. The summed E-state index contributed by atoms with van der Waals surface area (Å²) in [6, 6.07) is 5.07. The predicted octanol–water partition coefficient (Wildman–Crippen LogP) is 3.24. The van der Waals surface area contributed by atoms with Crippen LogP contribution in [0.1, 0.15) is 32.8 Å². The van der Waals surface area contributed by atoms with Crippen LogP contribution in [0.25, 0.3) is 0 Å². The average Bonchev–Trinajstić information content (AvgIpc) is 2.50. The van der Waals surface area contributed by atoms with Gasteiger partial charge in [0.15, 0.2) is 11.5 Å². The Labute approximate surface area is 138 Å². The Morgan fingerprint density at radius 2 is 2.09 bits per heavy atom. The van der Waals surface area contributed by atoms with Crippen LogP contribution in [0.15, 0.2) is 30.9 Å². The average molecular weight is 321 g/mol. The van der Waals surface area contributed by atoms with Gasteiger partial charge in [-0.05, 0) is 37.0 Å². The van der Waals surface area contributed by atoms with Crippen LogP contribution in [0, 0.1) is 5.92 Å². The number of carbonyl (C=O) groups is 1. The van der Waals surface area contributed by atoms with Crippen molar-refractivity contribution in [3.63, 3.8) is 0 Å². The molecule has 0 saturated heterocycles. The summed E-state index contributed by atoms with van der Waals surface area (Å²) in [4.78, 5) is 11.3. The number of hydrogen-bond donors (Lipinski definition) is 2. The molecule has 2 N–H and O–H groups in total. The van der Waals surface area contributed by atoms with Gasteiger partial charge in [0.1, 0.15) is 12.6 Å². The molecule has 0 fully saturated rings. The van der Waals surface area contributed by atoms with Gasteiger partial charge in [0, 0.05) is 6.54 Å². The largest absolute Gasteiger partial charge is 0.490 e. The van der Waals surface area contributed by atoms with Gasteiger partial charge in [-0.1, -0.05) is 32.6 Å². The molecule has 0 aromatic heterocycles. The fourth-order valence-electron chi connectivity index (χ4n) is 2.18. The topological polar surface area (TPSA) is 67.8 Å². The second-order valence-corrected chi connectivity index (χ2v) is 5.72. The molecule has 0 amide bonds.